The van der Waals surface area contributed by atoms with Crippen LogP contribution in [0.3, 0.4) is 0 Å². The third kappa shape index (κ3) is 2.59. The van der Waals surface area contributed by atoms with Gasteiger partial charge in [0.25, 0.3) is 5.91 Å². The van der Waals surface area contributed by atoms with Crippen molar-refractivity contribution in [3.8, 4) is 0 Å². The highest BCUT2D eigenvalue weighted by molar-refractivity contribution is 5.99. The van der Waals surface area contributed by atoms with Gasteiger partial charge < -0.3 is 8.83 Å². The number of amides is 2. The van der Waals surface area contributed by atoms with Gasteiger partial charge in [-0.3, -0.25) is 20.4 Å². The zero-order valence-electron chi connectivity index (χ0n) is 11.2. The molecule has 2 heterocycles. The Morgan fingerprint density at radius 3 is 2.50 bits per heavy atom. The molecular formula is C15H10N2O5. The first-order valence-electron chi connectivity index (χ1n) is 6.32. The fraction of sp³-hybridized carbons (Fsp3) is 0. The lowest BCUT2D eigenvalue weighted by Gasteiger charge is -2.05. The first kappa shape index (κ1) is 13.6. The molecule has 7 nitrogen and oxygen atoms in total. The van der Waals surface area contributed by atoms with Gasteiger partial charge in [0.2, 0.25) is 0 Å². The van der Waals surface area contributed by atoms with E-state index in [1.165, 1.54) is 24.5 Å². The van der Waals surface area contributed by atoms with E-state index in [9.17, 15) is 14.4 Å². The molecule has 0 bridgehead atoms. The lowest BCUT2D eigenvalue weighted by molar-refractivity contribution is 0.0829. The van der Waals surface area contributed by atoms with Crippen LogP contribution >= 0.6 is 0 Å². The predicted molar refractivity (Wildman–Crippen MR) is 76.1 cm³/mol. The molecule has 7 heteroatoms. The van der Waals surface area contributed by atoms with E-state index in [1.807, 2.05) is 0 Å². The molecule has 1 aromatic carbocycles. The highest BCUT2D eigenvalue weighted by Gasteiger charge is 2.15. The van der Waals surface area contributed by atoms with Crippen LogP contribution in [0.15, 0.2) is 62.4 Å². The molecular weight excluding hydrogens is 288 g/mol. The number of para-hydroxylation sites is 1. The molecule has 0 radical (unpaired) electrons. The number of rotatable bonds is 2. The zero-order chi connectivity index (χ0) is 15.5. The van der Waals surface area contributed by atoms with E-state index in [0.29, 0.717) is 11.0 Å². The van der Waals surface area contributed by atoms with Crippen molar-refractivity contribution in [2.45, 2.75) is 0 Å². The number of carbonyl (C=O) groups is 2. The summed E-state index contributed by atoms with van der Waals surface area (Å²) < 4.78 is 9.92. The van der Waals surface area contributed by atoms with Crippen molar-refractivity contribution in [2.75, 3.05) is 0 Å². The Hall–Kier alpha value is -3.35. The van der Waals surface area contributed by atoms with Crippen LogP contribution in [0.4, 0.5) is 0 Å². The Kier molecular flexibility index (Phi) is 3.45. The van der Waals surface area contributed by atoms with Gasteiger partial charge in [0.1, 0.15) is 11.1 Å². The van der Waals surface area contributed by atoms with Crippen LogP contribution in [0.25, 0.3) is 11.0 Å². The van der Waals surface area contributed by atoms with Crippen molar-refractivity contribution >= 4 is 22.8 Å². The van der Waals surface area contributed by atoms with E-state index < -0.39 is 17.4 Å². The van der Waals surface area contributed by atoms with Crippen LogP contribution in [0, 0.1) is 0 Å². The van der Waals surface area contributed by atoms with Crippen LogP contribution < -0.4 is 16.5 Å². The van der Waals surface area contributed by atoms with Crippen molar-refractivity contribution in [3.63, 3.8) is 0 Å². The van der Waals surface area contributed by atoms with Gasteiger partial charge in [0.15, 0.2) is 5.76 Å². The molecule has 0 aliphatic carbocycles. The summed E-state index contributed by atoms with van der Waals surface area (Å²) >= 11 is 0. The summed E-state index contributed by atoms with van der Waals surface area (Å²) in [5.74, 6) is -1.38. The molecule has 0 atom stereocenters. The van der Waals surface area contributed by atoms with Gasteiger partial charge in [0, 0.05) is 5.39 Å². The third-order valence-electron chi connectivity index (χ3n) is 2.92. The summed E-state index contributed by atoms with van der Waals surface area (Å²) in [6, 6.07) is 11.2. The Bertz CT molecular complexity index is 896. The van der Waals surface area contributed by atoms with Crippen molar-refractivity contribution in [1.29, 1.82) is 0 Å². The second-order valence-corrected chi connectivity index (χ2v) is 4.37. The summed E-state index contributed by atoms with van der Waals surface area (Å²) in [7, 11) is 0. The fourth-order valence-electron chi connectivity index (χ4n) is 1.87. The lowest BCUT2D eigenvalue weighted by Crippen LogP contribution is -2.42. The Morgan fingerprint density at radius 2 is 1.73 bits per heavy atom. The smallest absolute Gasteiger partial charge is 0.349 e. The summed E-state index contributed by atoms with van der Waals surface area (Å²) in [4.78, 5) is 35.4. The molecule has 3 aromatic rings. The zero-order valence-corrected chi connectivity index (χ0v) is 11.2. The van der Waals surface area contributed by atoms with E-state index in [1.54, 1.807) is 24.3 Å². The van der Waals surface area contributed by atoms with Gasteiger partial charge in [-0.05, 0) is 24.3 Å². The maximum absolute atomic E-state index is 12.0. The maximum atomic E-state index is 12.0. The number of benzene rings is 1. The average molecular weight is 298 g/mol. The molecule has 110 valence electrons. The van der Waals surface area contributed by atoms with Crippen LogP contribution in [0.1, 0.15) is 20.9 Å². The highest BCUT2D eigenvalue weighted by Crippen LogP contribution is 2.12. The number of hydrogen-bond donors (Lipinski definition) is 2. The average Bonchev–Trinajstić information content (AvgIpc) is 3.06. The quantitative estimate of drug-likeness (QED) is 0.551. The summed E-state index contributed by atoms with van der Waals surface area (Å²) in [5, 5.41) is 0.601. The normalized spacial score (nSPS) is 10.4. The minimum absolute atomic E-state index is 0.0332. The van der Waals surface area contributed by atoms with Gasteiger partial charge in [-0.15, -0.1) is 0 Å². The monoisotopic (exact) mass is 298 g/mol. The third-order valence-corrected chi connectivity index (χ3v) is 2.92. The Labute approximate surface area is 123 Å². The van der Waals surface area contributed by atoms with Gasteiger partial charge >= 0.3 is 11.5 Å². The molecule has 2 N–H and O–H groups in total. The summed E-state index contributed by atoms with van der Waals surface area (Å²) in [5.41, 5.74) is 3.66. The second kappa shape index (κ2) is 5.57. The van der Waals surface area contributed by atoms with E-state index >= 15 is 0 Å². The van der Waals surface area contributed by atoms with Gasteiger partial charge in [-0.2, -0.15) is 0 Å². The highest BCUT2D eigenvalue weighted by atomic mass is 16.4. The molecule has 0 saturated heterocycles. The summed E-state index contributed by atoms with van der Waals surface area (Å²) in [6.45, 7) is 0. The fourth-order valence-corrected chi connectivity index (χ4v) is 1.87. The molecule has 0 saturated carbocycles. The molecule has 2 amide bonds. The van der Waals surface area contributed by atoms with E-state index in [-0.39, 0.29) is 11.3 Å². The van der Waals surface area contributed by atoms with Crippen LogP contribution in [0.5, 0.6) is 0 Å². The van der Waals surface area contributed by atoms with Crippen molar-refractivity contribution in [1.82, 2.24) is 10.9 Å². The minimum Gasteiger partial charge on any atom is -0.459 e. The molecule has 22 heavy (non-hydrogen) atoms. The number of nitrogens with one attached hydrogen (secondary N) is 2. The van der Waals surface area contributed by atoms with Crippen molar-refractivity contribution in [2.24, 2.45) is 0 Å². The molecule has 0 unspecified atom stereocenters. The molecule has 0 aliphatic heterocycles. The molecule has 0 aliphatic rings. The minimum atomic E-state index is -0.788. The summed E-state index contributed by atoms with van der Waals surface area (Å²) in [6.07, 6.45) is 1.33. The first-order valence-corrected chi connectivity index (χ1v) is 6.32. The lowest BCUT2D eigenvalue weighted by atomic mass is 10.2. The topological polar surface area (TPSA) is 102 Å². The van der Waals surface area contributed by atoms with Crippen LogP contribution in [-0.2, 0) is 0 Å². The second-order valence-electron chi connectivity index (χ2n) is 4.37. The standard InChI is InChI=1S/C15H10N2O5/c18-13(16-17-14(19)12-6-3-7-21-12)10-8-9-4-1-2-5-11(9)22-15(10)20/h1-8H,(H,16,18)(H,17,19). The number of fused-ring (bicyclic) bond motifs is 1. The molecule has 3 rings (SSSR count). The predicted octanol–water partition coefficient (Wildman–Crippen LogP) is 1.46. The molecule has 0 fully saturated rings. The molecule has 2 aromatic heterocycles. The molecule has 0 spiro atoms. The maximum Gasteiger partial charge on any atom is 0.349 e. The number of hydrazine groups is 1. The van der Waals surface area contributed by atoms with Gasteiger partial charge in [-0.25, -0.2) is 4.79 Å². The first-order chi connectivity index (χ1) is 10.6. The van der Waals surface area contributed by atoms with E-state index in [2.05, 4.69) is 10.9 Å². The largest absolute Gasteiger partial charge is 0.459 e. The number of carbonyl (C=O) groups excluding carboxylic acids is 2. The van der Waals surface area contributed by atoms with Gasteiger partial charge in [-0.1, -0.05) is 18.2 Å². The SMILES string of the molecule is O=C(NNC(=O)c1cc2ccccc2oc1=O)c1ccco1. The van der Waals surface area contributed by atoms with Crippen LogP contribution in [-0.4, -0.2) is 11.8 Å². The van der Waals surface area contributed by atoms with E-state index in [4.69, 9.17) is 8.83 Å². The van der Waals surface area contributed by atoms with Gasteiger partial charge in [0.05, 0.1) is 6.26 Å². The Morgan fingerprint density at radius 1 is 0.955 bits per heavy atom. The van der Waals surface area contributed by atoms with Crippen LogP contribution in [0.2, 0.25) is 0 Å². The van der Waals surface area contributed by atoms with E-state index in [0.717, 1.165) is 0 Å². The van der Waals surface area contributed by atoms with Crippen molar-refractivity contribution in [3.05, 3.63) is 70.5 Å². The number of hydrogen-bond acceptors (Lipinski definition) is 5. The Balaban J connectivity index is 1.79. The van der Waals surface area contributed by atoms with Crippen molar-refractivity contribution < 1.29 is 18.4 Å². The number of furan rings is 1.